The molecule has 0 unspecified atom stereocenters. The van der Waals surface area contributed by atoms with Gasteiger partial charge in [-0.1, -0.05) is 11.6 Å². The maximum Gasteiger partial charge on any atom is 0.248 e. The Morgan fingerprint density at radius 3 is 2.53 bits per heavy atom. The van der Waals surface area contributed by atoms with E-state index in [9.17, 15) is 9.90 Å². The van der Waals surface area contributed by atoms with Gasteiger partial charge in [0.05, 0.1) is 5.69 Å². The molecular weight excluding hydrogens is 264 g/mol. The number of primary amides is 1. The molecule has 5 heteroatoms. The second kappa shape index (κ2) is 5.54. The number of carbonyl (C=O) groups excluding carboxylic acids is 1. The first-order chi connectivity index (χ1) is 9.06. The summed E-state index contributed by atoms with van der Waals surface area (Å²) >= 11 is 5.83. The van der Waals surface area contributed by atoms with Crippen LogP contribution >= 0.6 is 11.6 Å². The van der Waals surface area contributed by atoms with E-state index >= 15 is 0 Å². The van der Waals surface area contributed by atoms with Crippen molar-refractivity contribution in [3.8, 4) is 5.75 Å². The molecule has 0 aliphatic rings. The number of rotatable bonds is 3. The summed E-state index contributed by atoms with van der Waals surface area (Å²) < 4.78 is 0. The first-order valence-corrected chi connectivity index (χ1v) is 5.86. The number of phenolic OH excluding ortho intramolecular Hbond substituents is 1. The van der Waals surface area contributed by atoms with Crippen molar-refractivity contribution in [2.75, 3.05) is 0 Å². The van der Waals surface area contributed by atoms with Crippen molar-refractivity contribution >= 4 is 29.4 Å². The van der Waals surface area contributed by atoms with Crippen molar-refractivity contribution in [1.29, 1.82) is 0 Å². The van der Waals surface area contributed by atoms with Crippen molar-refractivity contribution in [2.24, 2.45) is 10.7 Å². The van der Waals surface area contributed by atoms with Crippen LogP contribution < -0.4 is 5.73 Å². The lowest BCUT2D eigenvalue weighted by Crippen LogP contribution is -2.10. The molecule has 2 aromatic carbocycles. The predicted molar refractivity (Wildman–Crippen MR) is 75.3 cm³/mol. The van der Waals surface area contributed by atoms with E-state index in [2.05, 4.69) is 4.99 Å². The number of benzene rings is 2. The summed E-state index contributed by atoms with van der Waals surface area (Å²) in [6.07, 6.45) is 1.50. The van der Waals surface area contributed by atoms with Crippen LogP contribution in [0.2, 0.25) is 5.02 Å². The summed E-state index contributed by atoms with van der Waals surface area (Å²) in [4.78, 5) is 15.1. The monoisotopic (exact) mass is 274 g/mol. The third-order valence-corrected chi connectivity index (χ3v) is 2.73. The van der Waals surface area contributed by atoms with Crippen LogP contribution in [0.4, 0.5) is 5.69 Å². The van der Waals surface area contributed by atoms with E-state index in [1.165, 1.54) is 12.3 Å². The molecule has 4 nitrogen and oxygen atoms in total. The summed E-state index contributed by atoms with van der Waals surface area (Å²) in [5.41, 5.74) is 6.72. The highest BCUT2D eigenvalue weighted by molar-refractivity contribution is 6.30. The fourth-order valence-electron chi connectivity index (χ4n) is 1.48. The smallest absolute Gasteiger partial charge is 0.248 e. The number of nitrogens with zero attached hydrogens (tertiary/aromatic N) is 1. The highest BCUT2D eigenvalue weighted by atomic mass is 35.5. The molecule has 2 rings (SSSR count). The molecule has 0 fully saturated rings. The van der Waals surface area contributed by atoms with Crippen molar-refractivity contribution in [2.45, 2.75) is 0 Å². The van der Waals surface area contributed by atoms with Crippen molar-refractivity contribution in [3.05, 3.63) is 58.6 Å². The minimum absolute atomic E-state index is 0.0990. The minimum atomic E-state index is -0.483. The van der Waals surface area contributed by atoms with Gasteiger partial charge in [-0.3, -0.25) is 9.79 Å². The van der Waals surface area contributed by atoms with E-state index in [-0.39, 0.29) is 5.75 Å². The lowest BCUT2D eigenvalue weighted by molar-refractivity contribution is 0.100. The molecule has 19 heavy (non-hydrogen) atoms. The molecule has 2 aromatic rings. The van der Waals surface area contributed by atoms with Crippen LogP contribution in [0.1, 0.15) is 15.9 Å². The summed E-state index contributed by atoms with van der Waals surface area (Å²) in [7, 11) is 0. The average molecular weight is 275 g/mol. The van der Waals surface area contributed by atoms with Crippen molar-refractivity contribution < 1.29 is 9.90 Å². The van der Waals surface area contributed by atoms with E-state index in [4.69, 9.17) is 17.3 Å². The largest absolute Gasteiger partial charge is 0.507 e. The molecule has 3 N–H and O–H groups in total. The maximum atomic E-state index is 10.9. The third-order valence-electron chi connectivity index (χ3n) is 2.49. The van der Waals surface area contributed by atoms with Gasteiger partial charge in [0.15, 0.2) is 0 Å². The minimum Gasteiger partial charge on any atom is -0.507 e. The number of aromatic hydroxyl groups is 1. The summed E-state index contributed by atoms with van der Waals surface area (Å²) in [6.45, 7) is 0. The number of carbonyl (C=O) groups is 1. The fraction of sp³-hybridized carbons (Fsp3) is 0. The lowest BCUT2D eigenvalue weighted by Gasteiger charge is -1.99. The molecule has 0 heterocycles. The molecular formula is C14H11ClN2O2. The van der Waals surface area contributed by atoms with Crippen LogP contribution in [0.15, 0.2) is 47.5 Å². The molecule has 0 saturated heterocycles. The summed E-state index contributed by atoms with van der Waals surface area (Å²) in [5, 5.41) is 10.1. The van der Waals surface area contributed by atoms with Crippen LogP contribution in [0, 0.1) is 0 Å². The van der Waals surface area contributed by atoms with E-state index in [1.807, 2.05) is 0 Å². The van der Waals surface area contributed by atoms with Crippen LogP contribution in [0.5, 0.6) is 5.75 Å². The summed E-state index contributed by atoms with van der Waals surface area (Å²) in [5.74, 6) is -0.384. The van der Waals surface area contributed by atoms with Crippen molar-refractivity contribution in [1.82, 2.24) is 0 Å². The van der Waals surface area contributed by atoms with Gasteiger partial charge < -0.3 is 10.8 Å². The van der Waals surface area contributed by atoms with Gasteiger partial charge in [-0.15, -0.1) is 0 Å². The standard InChI is InChI=1S/C14H11ClN2O2/c15-11-3-6-13(18)10(7-11)8-17-12-4-1-9(2-5-12)14(16)19/h1-8,18H,(H2,16,19). The Bertz CT molecular complexity index is 636. The maximum absolute atomic E-state index is 10.9. The molecule has 1 amide bonds. The van der Waals surface area contributed by atoms with Gasteiger partial charge in [0.1, 0.15) is 5.75 Å². The second-order valence-electron chi connectivity index (χ2n) is 3.87. The van der Waals surface area contributed by atoms with E-state index in [0.29, 0.717) is 21.8 Å². The molecule has 0 aromatic heterocycles. The zero-order valence-electron chi connectivity index (χ0n) is 9.88. The SMILES string of the molecule is NC(=O)c1ccc(N=Cc2cc(Cl)ccc2O)cc1. The van der Waals surface area contributed by atoms with Gasteiger partial charge >= 0.3 is 0 Å². The number of hydrogen-bond donors (Lipinski definition) is 2. The number of halogens is 1. The normalized spacial score (nSPS) is 10.8. The molecule has 0 bridgehead atoms. The van der Waals surface area contributed by atoms with Crippen LogP contribution in [0.25, 0.3) is 0 Å². The Morgan fingerprint density at radius 2 is 1.89 bits per heavy atom. The van der Waals surface area contributed by atoms with E-state index < -0.39 is 5.91 Å². The van der Waals surface area contributed by atoms with Crippen LogP contribution in [0.3, 0.4) is 0 Å². The highest BCUT2D eigenvalue weighted by Crippen LogP contribution is 2.21. The molecule has 0 saturated carbocycles. The predicted octanol–water partition coefficient (Wildman–Crippen LogP) is 2.90. The number of hydrogen-bond acceptors (Lipinski definition) is 3. The summed E-state index contributed by atoms with van der Waals surface area (Å²) in [6, 6.07) is 11.2. The molecule has 96 valence electrons. The van der Waals surface area contributed by atoms with Crippen molar-refractivity contribution in [3.63, 3.8) is 0 Å². The molecule has 0 aliphatic heterocycles. The number of aliphatic imine (C=N–C) groups is 1. The van der Waals surface area contributed by atoms with Gasteiger partial charge in [-0.05, 0) is 42.5 Å². The first kappa shape index (κ1) is 13.1. The number of amides is 1. The Balaban J connectivity index is 2.22. The van der Waals surface area contributed by atoms with Crippen LogP contribution in [-0.4, -0.2) is 17.2 Å². The Hall–Kier alpha value is -2.33. The van der Waals surface area contributed by atoms with E-state index in [1.54, 1.807) is 36.4 Å². The van der Waals surface area contributed by atoms with Gasteiger partial charge in [-0.2, -0.15) is 0 Å². The first-order valence-electron chi connectivity index (χ1n) is 5.49. The zero-order valence-corrected chi connectivity index (χ0v) is 10.6. The van der Waals surface area contributed by atoms with Gasteiger partial charge in [0.2, 0.25) is 5.91 Å². The second-order valence-corrected chi connectivity index (χ2v) is 4.31. The van der Waals surface area contributed by atoms with Gasteiger partial charge in [0.25, 0.3) is 0 Å². The third kappa shape index (κ3) is 3.33. The lowest BCUT2D eigenvalue weighted by atomic mass is 10.2. The quantitative estimate of drug-likeness (QED) is 0.845. The molecule has 0 radical (unpaired) electrons. The highest BCUT2D eigenvalue weighted by Gasteiger charge is 2.00. The Kier molecular flexibility index (Phi) is 3.82. The zero-order chi connectivity index (χ0) is 13.8. The average Bonchev–Trinajstić information content (AvgIpc) is 2.40. The topological polar surface area (TPSA) is 75.7 Å². The molecule has 0 atom stereocenters. The number of phenols is 1. The van der Waals surface area contributed by atoms with Crippen LogP contribution in [-0.2, 0) is 0 Å². The number of nitrogens with two attached hydrogens (primary N) is 1. The fourth-order valence-corrected chi connectivity index (χ4v) is 1.67. The molecule has 0 aliphatic carbocycles. The van der Waals surface area contributed by atoms with Gasteiger partial charge in [0, 0.05) is 22.4 Å². The van der Waals surface area contributed by atoms with E-state index in [0.717, 1.165) is 0 Å². The molecule has 0 spiro atoms. The Morgan fingerprint density at radius 1 is 1.21 bits per heavy atom. The Labute approximate surface area is 115 Å². The van der Waals surface area contributed by atoms with Gasteiger partial charge in [-0.25, -0.2) is 0 Å².